The van der Waals surface area contributed by atoms with Gasteiger partial charge < -0.3 is 0 Å². The zero-order valence-electron chi connectivity index (χ0n) is 12.5. The highest BCUT2D eigenvalue weighted by molar-refractivity contribution is 7.14. The molecule has 0 amide bonds. The fraction of sp³-hybridized carbons (Fsp3) is 0. The molecule has 0 aliphatic heterocycles. The third kappa shape index (κ3) is 4.14. The van der Waals surface area contributed by atoms with Gasteiger partial charge in [0.05, 0.1) is 26.9 Å². The molecule has 0 fully saturated rings. The highest BCUT2D eigenvalue weighted by Crippen LogP contribution is 2.27. The Morgan fingerprint density at radius 2 is 1.92 bits per heavy atom. The average molecular weight is 393 g/mol. The van der Waals surface area contributed by atoms with Crippen molar-refractivity contribution in [1.82, 2.24) is 4.98 Å². The second-order valence-corrected chi connectivity index (χ2v) is 6.52. The predicted octanol–water partition coefficient (Wildman–Crippen LogP) is 5.47. The molecule has 0 saturated carbocycles. The molecule has 6 nitrogen and oxygen atoms in total. The Kier molecular flexibility index (Phi) is 5.28. The summed E-state index contributed by atoms with van der Waals surface area (Å²) in [4.78, 5) is 14.8. The summed E-state index contributed by atoms with van der Waals surface area (Å²) in [5.41, 5.74) is 4.72. The number of aromatic nitrogens is 1. The number of non-ortho nitro benzene ring substituents is 1. The summed E-state index contributed by atoms with van der Waals surface area (Å²) < 4.78 is 0. The van der Waals surface area contributed by atoms with Crippen molar-refractivity contribution in [1.29, 1.82) is 0 Å². The van der Waals surface area contributed by atoms with Crippen molar-refractivity contribution in [2.24, 2.45) is 5.10 Å². The number of rotatable bonds is 5. The molecule has 25 heavy (non-hydrogen) atoms. The normalized spacial score (nSPS) is 11.0. The topological polar surface area (TPSA) is 80.4 Å². The van der Waals surface area contributed by atoms with E-state index in [0.29, 0.717) is 32.0 Å². The van der Waals surface area contributed by atoms with Crippen LogP contribution in [0.5, 0.6) is 0 Å². The van der Waals surface area contributed by atoms with E-state index in [0.717, 1.165) is 0 Å². The molecular formula is C16H10Cl2N4O2S. The summed E-state index contributed by atoms with van der Waals surface area (Å²) in [5, 5.41) is 18.3. The second kappa shape index (κ2) is 7.60. The van der Waals surface area contributed by atoms with Gasteiger partial charge in [-0.3, -0.25) is 15.5 Å². The number of nitro groups is 1. The second-order valence-electron chi connectivity index (χ2n) is 4.85. The van der Waals surface area contributed by atoms with Gasteiger partial charge in [-0.2, -0.15) is 5.10 Å². The summed E-state index contributed by atoms with van der Waals surface area (Å²) >= 11 is 13.5. The van der Waals surface area contributed by atoms with E-state index in [1.54, 1.807) is 35.7 Å². The van der Waals surface area contributed by atoms with Gasteiger partial charge in [0.2, 0.25) is 5.13 Å². The molecule has 0 spiro atoms. The van der Waals surface area contributed by atoms with Crippen LogP contribution in [0.25, 0.3) is 11.3 Å². The van der Waals surface area contributed by atoms with Crippen molar-refractivity contribution in [3.05, 3.63) is 73.6 Å². The Morgan fingerprint density at radius 3 is 2.64 bits per heavy atom. The number of benzene rings is 2. The van der Waals surface area contributed by atoms with Gasteiger partial charge in [0.1, 0.15) is 0 Å². The first-order valence-corrected chi connectivity index (χ1v) is 8.61. The van der Waals surface area contributed by atoms with Crippen LogP contribution in [-0.4, -0.2) is 16.1 Å². The Balaban J connectivity index is 1.75. The van der Waals surface area contributed by atoms with E-state index in [2.05, 4.69) is 15.5 Å². The van der Waals surface area contributed by atoms with Crippen LogP contribution in [0.1, 0.15) is 5.56 Å². The smallest absolute Gasteiger partial charge is 0.258 e. The lowest BCUT2D eigenvalue weighted by molar-refractivity contribution is -0.384. The van der Waals surface area contributed by atoms with Gasteiger partial charge in [-0.1, -0.05) is 41.4 Å². The van der Waals surface area contributed by atoms with Crippen LogP contribution in [0.2, 0.25) is 10.0 Å². The molecule has 1 heterocycles. The Morgan fingerprint density at radius 1 is 1.20 bits per heavy atom. The Bertz CT molecular complexity index is 939. The number of anilines is 1. The largest absolute Gasteiger partial charge is 0.270 e. The standard InChI is InChI=1S/C16H10Cl2N4O2S/c17-13-5-2-6-14(18)12(13)8-19-21-16-20-15(9-25-16)10-3-1-4-11(7-10)22(23)24/h1-9H,(H,20,21). The Hall–Kier alpha value is -2.48. The summed E-state index contributed by atoms with van der Waals surface area (Å²) in [7, 11) is 0. The number of nitrogens with one attached hydrogen (secondary N) is 1. The molecule has 0 bridgehead atoms. The van der Waals surface area contributed by atoms with E-state index in [1.165, 1.54) is 29.7 Å². The van der Waals surface area contributed by atoms with E-state index >= 15 is 0 Å². The van der Waals surface area contributed by atoms with E-state index in [4.69, 9.17) is 23.2 Å². The maximum Gasteiger partial charge on any atom is 0.270 e. The van der Waals surface area contributed by atoms with Crippen molar-refractivity contribution in [2.75, 3.05) is 5.43 Å². The first-order chi connectivity index (χ1) is 12.0. The zero-order valence-corrected chi connectivity index (χ0v) is 14.8. The molecule has 1 aromatic heterocycles. The lowest BCUT2D eigenvalue weighted by atomic mass is 10.1. The average Bonchev–Trinajstić information content (AvgIpc) is 3.06. The van der Waals surface area contributed by atoms with Gasteiger partial charge in [0.25, 0.3) is 5.69 Å². The number of halogens is 2. The van der Waals surface area contributed by atoms with Crippen molar-refractivity contribution in [3.8, 4) is 11.3 Å². The minimum atomic E-state index is -0.438. The minimum absolute atomic E-state index is 0.0198. The van der Waals surface area contributed by atoms with Crippen molar-refractivity contribution >= 4 is 51.6 Å². The third-order valence-corrected chi connectivity index (χ3v) is 4.62. The van der Waals surface area contributed by atoms with Crippen LogP contribution >= 0.6 is 34.5 Å². The molecule has 3 rings (SSSR count). The van der Waals surface area contributed by atoms with Gasteiger partial charge in [0.15, 0.2) is 0 Å². The lowest BCUT2D eigenvalue weighted by Gasteiger charge is -2.00. The van der Waals surface area contributed by atoms with Crippen LogP contribution in [0.15, 0.2) is 52.9 Å². The van der Waals surface area contributed by atoms with E-state index in [-0.39, 0.29) is 5.69 Å². The fourth-order valence-electron chi connectivity index (χ4n) is 2.02. The van der Waals surface area contributed by atoms with Gasteiger partial charge in [-0.05, 0) is 12.1 Å². The molecule has 9 heteroatoms. The maximum absolute atomic E-state index is 10.9. The Labute approximate surface area is 156 Å². The highest BCUT2D eigenvalue weighted by Gasteiger charge is 2.10. The van der Waals surface area contributed by atoms with Gasteiger partial charge >= 0.3 is 0 Å². The number of nitrogens with zero attached hydrogens (tertiary/aromatic N) is 3. The van der Waals surface area contributed by atoms with Crippen molar-refractivity contribution in [3.63, 3.8) is 0 Å². The fourth-order valence-corrected chi connectivity index (χ4v) is 3.19. The number of thiazole rings is 1. The van der Waals surface area contributed by atoms with Crippen LogP contribution in [-0.2, 0) is 0 Å². The van der Waals surface area contributed by atoms with E-state index in [1.807, 2.05) is 0 Å². The van der Waals surface area contributed by atoms with E-state index in [9.17, 15) is 10.1 Å². The number of nitro benzene ring substituents is 1. The summed E-state index contributed by atoms with van der Waals surface area (Å²) in [5.74, 6) is 0. The molecule has 3 aromatic rings. The molecule has 0 atom stereocenters. The lowest BCUT2D eigenvalue weighted by Crippen LogP contribution is -1.92. The van der Waals surface area contributed by atoms with Crippen LogP contribution < -0.4 is 5.43 Å². The minimum Gasteiger partial charge on any atom is -0.258 e. The molecule has 1 N–H and O–H groups in total. The molecule has 2 aromatic carbocycles. The monoisotopic (exact) mass is 392 g/mol. The highest BCUT2D eigenvalue weighted by atomic mass is 35.5. The molecular weight excluding hydrogens is 383 g/mol. The zero-order chi connectivity index (χ0) is 17.8. The molecule has 126 valence electrons. The van der Waals surface area contributed by atoms with Crippen molar-refractivity contribution < 1.29 is 4.92 Å². The van der Waals surface area contributed by atoms with Gasteiger partial charge in [-0.15, -0.1) is 11.3 Å². The number of hydrazone groups is 1. The molecule has 0 aliphatic carbocycles. The number of hydrogen-bond acceptors (Lipinski definition) is 6. The maximum atomic E-state index is 10.9. The third-order valence-electron chi connectivity index (χ3n) is 3.21. The van der Waals surface area contributed by atoms with Gasteiger partial charge in [0, 0.05) is 28.6 Å². The SMILES string of the molecule is O=[N+]([O-])c1cccc(-c2csc(NN=Cc3c(Cl)cccc3Cl)n2)c1. The van der Waals surface area contributed by atoms with Crippen LogP contribution in [0.3, 0.4) is 0 Å². The first-order valence-electron chi connectivity index (χ1n) is 6.98. The summed E-state index contributed by atoms with van der Waals surface area (Å²) in [6, 6.07) is 11.5. The summed E-state index contributed by atoms with van der Waals surface area (Å²) in [6.45, 7) is 0. The quantitative estimate of drug-likeness (QED) is 0.354. The molecule has 0 unspecified atom stereocenters. The number of hydrogen-bond donors (Lipinski definition) is 1. The molecule has 0 radical (unpaired) electrons. The first kappa shape index (κ1) is 17.3. The van der Waals surface area contributed by atoms with Crippen LogP contribution in [0.4, 0.5) is 10.8 Å². The van der Waals surface area contributed by atoms with Crippen molar-refractivity contribution in [2.45, 2.75) is 0 Å². The molecule has 0 aliphatic rings. The van der Waals surface area contributed by atoms with Gasteiger partial charge in [-0.25, -0.2) is 4.98 Å². The predicted molar refractivity (Wildman–Crippen MR) is 102 cm³/mol. The van der Waals surface area contributed by atoms with Crippen LogP contribution in [0, 0.1) is 10.1 Å². The molecule has 0 saturated heterocycles. The van der Waals surface area contributed by atoms with E-state index < -0.39 is 4.92 Å². The summed E-state index contributed by atoms with van der Waals surface area (Å²) in [6.07, 6.45) is 1.51.